The Morgan fingerprint density at radius 3 is 2.72 bits per heavy atom. The third-order valence-corrected chi connectivity index (χ3v) is 6.90. The monoisotopic (exact) mass is 490 g/mol. The van der Waals surface area contributed by atoms with Crippen LogP contribution >= 0.6 is 0 Å². The molecule has 2 amide bonds. The van der Waals surface area contributed by atoms with E-state index < -0.39 is 0 Å². The predicted molar refractivity (Wildman–Crippen MR) is 138 cm³/mol. The van der Waals surface area contributed by atoms with Crippen LogP contribution in [0.2, 0.25) is 0 Å². The van der Waals surface area contributed by atoms with Gasteiger partial charge >= 0.3 is 0 Å². The van der Waals surface area contributed by atoms with E-state index in [-0.39, 0.29) is 24.5 Å². The molecule has 2 aliphatic rings. The van der Waals surface area contributed by atoms with Gasteiger partial charge in [0, 0.05) is 39.0 Å². The molecule has 8 nitrogen and oxygen atoms in total. The van der Waals surface area contributed by atoms with Crippen LogP contribution in [0.1, 0.15) is 41.6 Å². The maximum Gasteiger partial charge on any atom is 0.256 e. The summed E-state index contributed by atoms with van der Waals surface area (Å²) in [5, 5.41) is 2.85. The van der Waals surface area contributed by atoms with E-state index in [4.69, 9.17) is 9.47 Å². The predicted octanol–water partition coefficient (Wildman–Crippen LogP) is 3.90. The summed E-state index contributed by atoms with van der Waals surface area (Å²) < 4.78 is 12.9. The smallest absolute Gasteiger partial charge is 0.256 e. The molecule has 1 saturated heterocycles. The molecule has 2 heterocycles. The molecule has 1 aliphatic heterocycles. The molecule has 1 saturated carbocycles. The molecule has 0 unspecified atom stereocenters. The highest BCUT2D eigenvalue weighted by Gasteiger charge is 2.31. The number of hydrogen-bond donors (Lipinski definition) is 1. The number of aromatic nitrogens is 2. The number of amides is 2. The molecule has 1 N–H and O–H groups in total. The van der Waals surface area contributed by atoms with Gasteiger partial charge in [-0.15, -0.1) is 0 Å². The zero-order valence-electron chi connectivity index (χ0n) is 20.8. The van der Waals surface area contributed by atoms with E-state index in [1.807, 2.05) is 29.2 Å². The number of nitrogens with zero attached hydrogens (tertiary/aromatic N) is 3. The lowest BCUT2D eigenvalue weighted by Crippen LogP contribution is -2.39. The first-order valence-corrected chi connectivity index (χ1v) is 12.8. The maximum atomic E-state index is 14.1. The fourth-order valence-electron chi connectivity index (χ4n) is 4.89. The number of methoxy groups -OCH3 is 1. The van der Waals surface area contributed by atoms with Crippen LogP contribution in [0.3, 0.4) is 0 Å². The number of carbonyl (C=O) groups is 2. The van der Waals surface area contributed by atoms with Crippen molar-refractivity contribution < 1.29 is 19.1 Å². The van der Waals surface area contributed by atoms with Crippen molar-refractivity contribution in [3.05, 3.63) is 59.9 Å². The third-order valence-electron chi connectivity index (χ3n) is 6.90. The number of nitrogens with one attached hydrogen (secondary N) is 1. The van der Waals surface area contributed by atoms with Crippen molar-refractivity contribution in [3.8, 4) is 0 Å². The summed E-state index contributed by atoms with van der Waals surface area (Å²) in [5.41, 5.74) is 3.82. The number of aryl methyl sites for hydroxylation is 2. The number of benzene rings is 2. The minimum Gasteiger partial charge on any atom is -0.376 e. The molecule has 1 aromatic heterocycles. The topological polar surface area (TPSA) is 85.7 Å². The van der Waals surface area contributed by atoms with Gasteiger partial charge in [-0.2, -0.15) is 0 Å². The first-order chi connectivity index (χ1) is 17.6. The first-order valence-electron chi connectivity index (χ1n) is 12.8. The molecule has 2 aromatic carbocycles. The normalized spacial score (nSPS) is 17.4. The van der Waals surface area contributed by atoms with Crippen LogP contribution < -0.4 is 5.32 Å². The number of fused-ring (bicyclic) bond motifs is 1. The molecule has 1 aliphatic carbocycles. The number of hydrogen-bond acceptors (Lipinski definition) is 5. The summed E-state index contributed by atoms with van der Waals surface area (Å²) >= 11 is 0. The number of ether oxygens (including phenoxy) is 2. The summed E-state index contributed by atoms with van der Waals surface area (Å²) in [6.45, 7) is 2.73. The van der Waals surface area contributed by atoms with E-state index in [1.165, 1.54) is 12.7 Å². The highest BCUT2D eigenvalue weighted by molar-refractivity contribution is 6.07. The van der Waals surface area contributed by atoms with Gasteiger partial charge in [0.05, 0.1) is 29.0 Å². The van der Waals surface area contributed by atoms with Gasteiger partial charge in [-0.05, 0) is 55.7 Å². The standard InChI is InChI=1S/C28H34N4O4/c1-35-18-26(33)30-22-14-24(28(34)32(16-21-9-10-21)17-23-8-5-13-36-23)27-25(15-22)29-19-31(27)12-11-20-6-3-2-4-7-20/h2-4,6-7,14-15,19,21,23H,5,8-13,16-18H2,1H3,(H,30,33)/t23-/m0/s1. The number of imidazole rings is 1. The molecule has 190 valence electrons. The number of rotatable bonds is 11. The minimum absolute atomic E-state index is 0.0355. The molecular formula is C28H34N4O4. The SMILES string of the molecule is COCC(=O)Nc1cc(C(=O)N(CC2CC2)C[C@@H]2CCCO2)c2c(c1)ncn2CCc1ccccc1. The Kier molecular flexibility index (Phi) is 7.63. The Bertz CT molecular complexity index is 1200. The van der Waals surface area contributed by atoms with Crippen LogP contribution in [0, 0.1) is 5.92 Å². The Hall–Kier alpha value is -3.23. The molecule has 0 spiro atoms. The van der Waals surface area contributed by atoms with Crippen molar-refractivity contribution in [1.82, 2.24) is 14.5 Å². The van der Waals surface area contributed by atoms with Gasteiger partial charge in [-0.3, -0.25) is 9.59 Å². The van der Waals surface area contributed by atoms with E-state index in [9.17, 15) is 9.59 Å². The lowest BCUT2D eigenvalue weighted by molar-refractivity contribution is -0.119. The Morgan fingerprint density at radius 2 is 2.00 bits per heavy atom. The largest absolute Gasteiger partial charge is 0.376 e. The second-order valence-electron chi connectivity index (χ2n) is 9.83. The van der Waals surface area contributed by atoms with Gasteiger partial charge in [-0.25, -0.2) is 4.98 Å². The quantitative estimate of drug-likeness (QED) is 0.441. The zero-order valence-corrected chi connectivity index (χ0v) is 20.8. The molecule has 5 rings (SSSR count). The van der Waals surface area contributed by atoms with Crippen molar-refractivity contribution in [2.24, 2.45) is 5.92 Å². The van der Waals surface area contributed by atoms with Crippen LogP contribution in [-0.2, 0) is 27.2 Å². The second-order valence-corrected chi connectivity index (χ2v) is 9.83. The molecule has 3 aromatic rings. The number of carbonyl (C=O) groups excluding carboxylic acids is 2. The van der Waals surface area contributed by atoms with E-state index in [1.54, 1.807) is 12.4 Å². The lowest BCUT2D eigenvalue weighted by Gasteiger charge is -2.26. The highest BCUT2D eigenvalue weighted by atomic mass is 16.5. The third kappa shape index (κ3) is 5.94. The summed E-state index contributed by atoms with van der Waals surface area (Å²) in [7, 11) is 1.48. The molecule has 0 radical (unpaired) electrons. The van der Waals surface area contributed by atoms with Crippen molar-refractivity contribution in [2.45, 2.75) is 44.8 Å². The van der Waals surface area contributed by atoms with Crippen LogP contribution in [0.15, 0.2) is 48.8 Å². The van der Waals surface area contributed by atoms with E-state index in [0.29, 0.717) is 35.8 Å². The molecule has 36 heavy (non-hydrogen) atoms. The Morgan fingerprint density at radius 1 is 1.17 bits per heavy atom. The summed E-state index contributed by atoms with van der Waals surface area (Å²) in [6, 6.07) is 13.9. The average molecular weight is 491 g/mol. The van der Waals surface area contributed by atoms with Crippen molar-refractivity contribution in [2.75, 3.05) is 38.7 Å². The molecule has 1 atom stereocenters. The summed E-state index contributed by atoms with van der Waals surface area (Å²) in [5.74, 6) is 0.248. The van der Waals surface area contributed by atoms with Gasteiger partial charge < -0.3 is 24.3 Å². The summed E-state index contributed by atoms with van der Waals surface area (Å²) in [6.07, 6.45) is 7.03. The fraction of sp³-hybridized carbons (Fsp3) is 0.464. The van der Waals surface area contributed by atoms with Crippen LogP contribution in [0.5, 0.6) is 0 Å². The van der Waals surface area contributed by atoms with Crippen molar-refractivity contribution in [1.29, 1.82) is 0 Å². The van der Waals surface area contributed by atoms with Crippen LogP contribution in [-0.4, -0.2) is 65.8 Å². The molecule has 8 heteroatoms. The maximum absolute atomic E-state index is 14.1. The van der Waals surface area contributed by atoms with Crippen molar-refractivity contribution >= 4 is 28.5 Å². The van der Waals surface area contributed by atoms with Crippen molar-refractivity contribution in [3.63, 3.8) is 0 Å². The Labute approximate surface area is 211 Å². The first kappa shape index (κ1) is 24.5. The van der Waals surface area contributed by atoms with Crippen LogP contribution in [0.25, 0.3) is 11.0 Å². The van der Waals surface area contributed by atoms with Gasteiger partial charge in [0.2, 0.25) is 5.91 Å². The molecule has 0 bridgehead atoms. The molecule has 2 fully saturated rings. The number of anilines is 1. The van der Waals surface area contributed by atoms with E-state index in [2.05, 4.69) is 27.0 Å². The van der Waals surface area contributed by atoms with Gasteiger partial charge in [-0.1, -0.05) is 30.3 Å². The Balaban J connectivity index is 1.48. The van der Waals surface area contributed by atoms with Gasteiger partial charge in [0.1, 0.15) is 6.61 Å². The lowest BCUT2D eigenvalue weighted by atomic mass is 10.1. The molecular weight excluding hydrogens is 456 g/mol. The highest BCUT2D eigenvalue weighted by Crippen LogP contribution is 2.32. The fourth-order valence-corrected chi connectivity index (χ4v) is 4.89. The zero-order chi connectivity index (χ0) is 24.9. The van der Waals surface area contributed by atoms with Gasteiger partial charge in [0.25, 0.3) is 5.91 Å². The average Bonchev–Trinajstić information content (AvgIpc) is 3.37. The van der Waals surface area contributed by atoms with Crippen LogP contribution in [0.4, 0.5) is 5.69 Å². The van der Waals surface area contributed by atoms with E-state index in [0.717, 1.165) is 50.8 Å². The second kappa shape index (κ2) is 11.2. The van der Waals surface area contributed by atoms with Gasteiger partial charge in [0.15, 0.2) is 0 Å². The van der Waals surface area contributed by atoms with E-state index >= 15 is 0 Å². The minimum atomic E-state index is -0.270. The summed E-state index contributed by atoms with van der Waals surface area (Å²) in [4.78, 5) is 32.9.